The molecule has 0 aliphatic carbocycles. The molecule has 0 aliphatic rings. The van der Waals surface area contributed by atoms with E-state index in [1.165, 1.54) is 0 Å². The lowest BCUT2D eigenvalue weighted by Gasteiger charge is -2.09. The van der Waals surface area contributed by atoms with Gasteiger partial charge in [-0.15, -0.1) is 12.4 Å². The number of likely N-dealkylation sites (N-methyl/N-ethyl adjacent to an activating group) is 1. The van der Waals surface area contributed by atoms with Crippen LogP contribution in [0.4, 0.5) is 5.69 Å². The zero-order valence-electron chi connectivity index (χ0n) is 9.45. The molecule has 2 N–H and O–H groups in total. The average molecular weight is 245 g/mol. The first kappa shape index (κ1) is 14.7. The number of para-hydroxylation sites is 2. The maximum absolute atomic E-state index is 11.4. The fourth-order valence-corrected chi connectivity index (χ4v) is 1.18. The predicted octanol–water partition coefficient (Wildman–Crippen LogP) is 1.66. The molecule has 1 aromatic rings. The lowest BCUT2D eigenvalue weighted by molar-refractivity contribution is -0.115. The SMILES string of the molecule is CCNCC(=O)Nc1ccccc1OC.Cl. The van der Waals surface area contributed by atoms with E-state index in [1.807, 2.05) is 31.2 Å². The second-order valence-electron chi connectivity index (χ2n) is 3.03. The van der Waals surface area contributed by atoms with Crippen LogP contribution in [0.3, 0.4) is 0 Å². The van der Waals surface area contributed by atoms with Crippen LogP contribution in [0.25, 0.3) is 0 Å². The summed E-state index contributed by atoms with van der Waals surface area (Å²) in [7, 11) is 1.58. The van der Waals surface area contributed by atoms with Gasteiger partial charge < -0.3 is 15.4 Å². The topological polar surface area (TPSA) is 50.4 Å². The van der Waals surface area contributed by atoms with Gasteiger partial charge in [-0.2, -0.15) is 0 Å². The van der Waals surface area contributed by atoms with E-state index in [4.69, 9.17) is 4.74 Å². The third kappa shape index (κ3) is 4.51. The lowest BCUT2D eigenvalue weighted by Crippen LogP contribution is -2.27. The molecule has 90 valence electrons. The molecule has 0 saturated heterocycles. The predicted molar refractivity (Wildman–Crippen MR) is 67.4 cm³/mol. The number of nitrogens with one attached hydrogen (secondary N) is 2. The van der Waals surface area contributed by atoms with Crippen molar-refractivity contribution in [3.63, 3.8) is 0 Å². The van der Waals surface area contributed by atoms with Crippen molar-refractivity contribution in [2.45, 2.75) is 6.92 Å². The van der Waals surface area contributed by atoms with Gasteiger partial charge in [0.15, 0.2) is 0 Å². The minimum absolute atomic E-state index is 0. The molecular weight excluding hydrogens is 228 g/mol. The Morgan fingerprint density at radius 1 is 1.38 bits per heavy atom. The number of rotatable bonds is 5. The Balaban J connectivity index is 0.00000225. The average Bonchev–Trinajstić information content (AvgIpc) is 2.27. The highest BCUT2D eigenvalue weighted by Gasteiger charge is 2.05. The van der Waals surface area contributed by atoms with Crippen LogP contribution in [0.15, 0.2) is 24.3 Å². The van der Waals surface area contributed by atoms with Crippen molar-refractivity contribution in [2.75, 3.05) is 25.5 Å². The van der Waals surface area contributed by atoms with E-state index in [-0.39, 0.29) is 18.3 Å². The highest BCUT2D eigenvalue weighted by Crippen LogP contribution is 2.22. The van der Waals surface area contributed by atoms with Crippen molar-refractivity contribution in [1.82, 2.24) is 5.32 Å². The normalized spacial score (nSPS) is 9.12. The molecule has 5 heteroatoms. The van der Waals surface area contributed by atoms with Crippen LogP contribution in [0.1, 0.15) is 6.92 Å². The van der Waals surface area contributed by atoms with Crippen LogP contribution >= 0.6 is 12.4 Å². The Bertz CT molecular complexity index is 332. The van der Waals surface area contributed by atoms with Gasteiger partial charge in [-0.3, -0.25) is 4.79 Å². The fourth-order valence-electron chi connectivity index (χ4n) is 1.18. The van der Waals surface area contributed by atoms with Crippen molar-refractivity contribution < 1.29 is 9.53 Å². The molecule has 0 unspecified atom stereocenters. The molecular formula is C11H17ClN2O2. The smallest absolute Gasteiger partial charge is 0.238 e. The maximum atomic E-state index is 11.4. The van der Waals surface area contributed by atoms with Crippen molar-refractivity contribution in [2.24, 2.45) is 0 Å². The molecule has 1 amide bonds. The Morgan fingerprint density at radius 2 is 2.06 bits per heavy atom. The molecule has 0 atom stereocenters. The molecule has 0 aliphatic heterocycles. The molecule has 0 bridgehead atoms. The molecule has 0 saturated carbocycles. The number of benzene rings is 1. The van der Waals surface area contributed by atoms with Crippen LogP contribution in [0.2, 0.25) is 0 Å². The number of anilines is 1. The van der Waals surface area contributed by atoms with Crippen LogP contribution in [0.5, 0.6) is 5.75 Å². The second-order valence-corrected chi connectivity index (χ2v) is 3.03. The van der Waals surface area contributed by atoms with Gasteiger partial charge in [-0.25, -0.2) is 0 Å². The summed E-state index contributed by atoms with van der Waals surface area (Å²) < 4.78 is 5.12. The van der Waals surface area contributed by atoms with Crippen LogP contribution in [-0.4, -0.2) is 26.1 Å². The van der Waals surface area contributed by atoms with E-state index < -0.39 is 0 Å². The summed E-state index contributed by atoms with van der Waals surface area (Å²) in [6.07, 6.45) is 0. The molecule has 4 nitrogen and oxygen atoms in total. The first-order valence-electron chi connectivity index (χ1n) is 4.91. The van der Waals surface area contributed by atoms with Gasteiger partial charge in [0.25, 0.3) is 0 Å². The largest absolute Gasteiger partial charge is 0.495 e. The highest BCUT2D eigenvalue weighted by atomic mass is 35.5. The summed E-state index contributed by atoms with van der Waals surface area (Å²) >= 11 is 0. The van der Waals surface area contributed by atoms with Gasteiger partial charge in [0.2, 0.25) is 5.91 Å². The molecule has 16 heavy (non-hydrogen) atoms. The summed E-state index contributed by atoms with van der Waals surface area (Å²) in [6, 6.07) is 7.33. The third-order valence-electron chi connectivity index (χ3n) is 1.92. The van der Waals surface area contributed by atoms with Crippen LogP contribution in [0, 0.1) is 0 Å². The Hall–Kier alpha value is -1.26. The van der Waals surface area contributed by atoms with Crippen molar-refractivity contribution in [3.8, 4) is 5.75 Å². The van der Waals surface area contributed by atoms with Gasteiger partial charge in [0.05, 0.1) is 19.3 Å². The lowest BCUT2D eigenvalue weighted by atomic mass is 10.3. The van der Waals surface area contributed by atoms with Gasteiger partial charge in [-0.05, 0) is 18.7 Å². The number of hydrogen-bond donors (Lipinski definition) is 2. The minimum atomic E-state index is -0.0682. The Kier molecular flexibility index (Phi) is 7.33. The molecule has 0 aromatic heterocycles. The van der Waals surface area contributed by atoms with Crippen molar-refractivity contribution >= 4 is 24.0 Å². The van der Waals surface area contributed by atoms with Crippen LogP contribution in [-0.2, 0) is 4.79 Å². The number of amides is 1. The van der Waals surface area contributed by atoms with Crippen molar-refractivity contribution in [3.05, 3.63) is 24.3 Å². The molecule has 0 spiro atoms. The number of halogens is 1. The summed E-state index contributed by atoms with van der Waals surface area (Å²) in [5.74, 6) is 0.601. The molecule has 0 heterocycles. The molecule has 1 rings (SSSR count). The highest BCUT2D eigenvalue weighted by molar-refractivity contribution is 5.93. The van der Waals surface area contributed by atoms with Crippen molar-refractivity contribution in [1.29, 1.82) is 0 Å². The monoisotopic (exact) mass is 244 g/mol. The number of carbonyl (C=O) groups is 1. The number of carbonyl (C=O) groups excluding carboxylic acids is 1. The minimum Gasteiger partial charge on any atom is -0.495 e. The summed E-state index contributed by atoms with van der Waals surface area (Å²) in [5, 5.41) is 5.72. The zero-order valence-corrected chi connectivity index (χ0v) is 10.3. The molecule has 0 radical (unpaired) electrons. The Morgan fingerprint density at radius 3 is 2.69 bits per heavy atom. The first-order chi connectivity index (χ1) is 7.27. The molecule has 0 fully saturated rings. The summed E-state index contributed by atoms with van der Waals surface area (Å²) in [6.45, 7) is 3.05. The maximum Gasteiger partial charge on any atom is 0.238 e. The van der Waals surface area contributed by atoms with Crippen LogP contribution < -0.4 is 15.4 Å². The Labute approximate surface area is 102 Å². The first-order valence-corrected chi connectivity index (χ1v) is 4.91. The fraction of sp³-hybridized carbons (Fsp3) is 0.364. The van der Waals surface area contributed by atoms with Gasteiger partial charge in [-0.1, -0.05) is 19.1 Å². The van der Waals surface area contributed by atoms with Gasteiger partial charge >= 0.3 is 0 Å². The van der Waals surface area contributed by atoms with E-state index in [9.17, 15) is 4.79 Å². The quantitative estimate of drug-likeness (QED) is 0.829. The molecule has 1 aromatic carbocycles. The van der Waals surface area contributed by atoms with E-state index in [0.29, 0.717) is 18.0 Å². The van der Waals surface area contributed by atoms with Gasteiger partial charge in [0, 0.05) is 0 Å². The van der Waals surface area contributed by atoms with Gasteiger partial charge in [0.1, 0.15) is 5.75 Å². The van der Waals surface area contributed by atoms with E-state index in [2.05, 4.69) is 10.6 Å². The van der Waals surface area contributed by atoms with E-state index in [0.717, 1.165) is 6.54 Å². The standard InChI is InChI=1S/C11H16N2O2.ClH/c1-3-12-8-11(14)13-9-6-4-5-7-10(9)15-2;/h4-7,12H,3,8H2,1-2H3,(H,13,14);1H. The second kappa shape index (κ2) is 7.96. The summed E-state index contributed by atoms with van der Waals surface area (Å²) in [4.78, 5) is 11.4. The number of hydrogen-bond acceptors (Lipinski definition) is 3. The van der Waals surface area contributed by atoms with E-state index >= 15 is 0 Å². The summed E-state index contributed by atoms with van der Waals surface area (Å²) in [5.41, 5.74) is 0.697. The number of ether oxygens (including phenoxy) is 1. The third-order valence-corrected chi connectivity index (χ3v) is 1.92. The van der Waals surface area contributed by atoms with E-state index in [1.54, 1.807) is 7.11 Å². The number of methoxy groups -OCH3 is 1. The zero-order chi connectivity index (χ0) is 11.1.